The van der Waals surface area contributed by atoms with E-state index >= 15 is 0 Å². The molecule has 1 heterocycles. The number of hydrogen-bond donors (Lipinski definition) is 3. The number of carboxylic acid groups (broad SMARTS) is 1. The highest BCUT2D eigenvalue weighted by atomic mass is 16.4. The van der Waals surface area contributed by atoms with E-state index in [4.69, 9.17) is 15.3 Å². The average Bonchev–Trinajstić information content (AvgIpc) is 2.89. The van der Waals surface area contributed by atoms with Gasteiger partial charge in [0.1, 0.15) is 0 Å². The van der Waals surface area contributed by atoms with Crippen molar-refractivity contribution >= 4 is 23.3 Å². The van der Waals surface area contributed by atoms with Crippen LogP contribution < -0.4 is 9.80 Å². The molecule has 120 valence electrons. The summed E-state index contributed by atoms with van der Waals surface area (Å²) in [6.45, 7) is 0.955. The third-order valence-electron chi connectivity index (χ3n) is 3.74. The summed E-state index contributed by atoms with van der Waals surface area (Å²) in [6.07, 6.45) is 0.0260. The van der Waals surface area contributed by atoms with Crippen molar-refractivity contribution in [2.45, 2.75) is 6.42 Å². The molecule has 1 atom stereocenters. The Morgan fingerprint density at radius 2 is 1.77 bits per heavy atom. The Bertz CT molecular complexity index is 525. The highest BCUT2D eigenvalue weighted by Crippen LogP contribution is 2.27. The zero-order valence-corrected chi connectivity index (χ0v) is 12.2. The van der Waals surface area contributed by atoms with Gasteiger partial charge in [0, 0.05) is 37.4 Å². The lowest BCUT2D eigenvalue weighted by Crippen LogP contribution is -2.30. The minimum Gasteiger partial charge on any atom is -0.481 e. The Morgan fingerprint density at radius 1 is 1.18 bits per heavy atom. The molecule has 1 fully saturated rings. The molecule has 7 heteroatoms. The third-order valence-corrected chi connectivity index (χ3v) is 3.74. The molecule has 0 bridgehead atoms. The molecule has 1 saturated heterocycles. The van der Waals surface area contributed by atoms with Crippen LogP contribution in [-0.2, 0) is 9.59 Å². The first-order valence-electron chi connectivity index (χ1n) is 7.16. The summed E-state index contributed by atoms with van der Waals surface area (Å²) in [5.74, 6) is -1.81. The van der Waals surface area contributed by atoms with Gasteiger partial charge in [0.05, 0.1) is 19.1 Å². The number of amides is 1. The molecular weight excluding hydrogens is 288 g/mol. The number of carbonyl (C=O) groups excluding carboxylic acids is 1. The first-order valence-corrected chi connectivity index (χ1v) is 7.16. The van der Waals surface area contributed by atoms with Gasteiger partial charge in [0.2, 0.25) is 5.91 Å². The van der Waals surface area contributed by atoms with E-state index in [0.717, 1.165) is 5.69 Å². The van der Waals surface area contributed by atoms with Crippen LogP contribution in [0.15, 0.2) is 24.3 Å². The Labute approximate surface area is 128 Å². The maximum absolute atomic E-state index is 11.9. The molecule has 1 aromatic carbocycles. The number of benzene rings is 1. The van der Waals surface area contributed by atoms with E-state index in [2.05, 4.69) is 0 Å². The zero-order valence-electron chi connectivity index (χ0n) is 12.2. The van der Waals surface area contributed by atoms with E-state index in [9.17, 15) is 9.59 Å². The van der Waals surface area contributed by atoms with Crippen LogP contribution in [0.3, 0.4) is 0 Å². The number of aliphatic hydroxyl groups excluding tert-OH is 2. The van der Waals surface area contributed by atoms with Gasteiger partial charge in [-0.05, 0) is 24.3 Å². The van der Waals surface area contributed by atoms with E-state index in [1.807, 2.05) is 4.90 Å². The molecule has 3 N–H and O–H groups in total. The normalized spacial score (nSPS) is 17.8. The Balaban J connectivity index is 2.11. The van der Waals surface area contributed by atoms with Crippen molar-refractivity contribution in [1.82, 2.24) is 0 Å². The third kappa shape index (κ3) is 3.55. The number of carbonyl (C=O) groups is 2. The van der Waals surface area contributed by atoms with Gasteiger partial charge in [-0.15, -0.1) is 0 Å². The molecule has 0 spiro atoms. The van der Waals surface area contributed by atoms with Crippen molar-refractivity contribution in [3.63, 3.8) is 0 Å². The second kappa shape index (κ2) is 7.24. The quantitative estimate of drug-likeness (QED) is 0.651. The average molecular weight is 308 g/mol. The van der Waals surface area contributed by atoms with Crippen LogP contribution in [0.5, 0.6) is 0 Å². The van der Waals surface area contributed by atoms with Gasteiger partial charge >= 0.3 is 5.97 Å². The van der Waals surface area contributed by atoms with Crippen LogP contribution in [0.2, 0.25) is 0 Å². The highest BCUT2D eigenvalue weighted by molar-refractivity contribution is 5.99. The van der Waals surface area contributed by atoms with Crippen molar-refractivity contribution < 1.29 is 24.9 Å². The Morgan fingerprint density at radius 3 is 2.23 bits per heavy atom. The number of nitrogens with zero attached hydrogens (tertiary/aromatic N) is 2. The number of hydrogen-bond acceptors (Lipinski definition) is 5. The Kier molecular flexibility index (Phi) is 5.35. The van der Waals surface area contributed by atoms with Crippen molar-refractivity contribution in [3.8, 4) is 0 Å². The molecule has 0 saturated carbocycles. The van der Waals surface area contributed by atoms with Gasteiger partial charge < -0.3 is 25.1 Å². The summed E-state index contributed by atoms with van der Waals surface area (Å²) in [6, 6.07) is 7.09. The van der Waals surface area contributed by atoms with Crippen molar-refractivity contribution in [2.24, 2.45) is 5.92 Å². The van der Waals surface area contributed by atoms with E-state index in [-0.39, 0.29) is 32.1 Å². The minimum absolute atomic E-state index is 0.0212. The van der Waals surface area contributed by atoms with Crippen molar-refractivity contribution in [1.29, 1.82) is 0 Å². The predicted octanol–water partition coefficient (Wildman–Crippen LogP) is -0.0849. The molecule has 1 aliphatic rings. The molecule has 22 heavy (non-hydrogen) atoms. The number of rotatable bonds is 7. The fourth-order valence-corrected chi connectivity index (χ4v) is 2.58. The SMILES string of the molecule is O=C(O)[C@@H]1CC(=O)N(c2ccc(N(CCO)CCO)cc2)C1. The second-order valence-electron chi connectivity index (χ2n) is 5.19. The fourth-order valence-electron chi connectivity index (χ4n) is 2.58. The summed E-state index contributed by atoms with van der Waals surface area (Å²) < 4.78 is 0. The van der Waals surface area contributed by atoms with Crippen LogP contribution in [0, 0.1) is 5.92 Å². The first-order chi connectivity index (χ1) is 10.6. The topological polar surface area (TPSA) is 101 Å². The van der Waals surface area contributed by atoms with E-state index < -0.39 is 11.9 Å². The summed E-state index contributed by atoms with van der Waals surface area (Å²) in [7, 11) is 0. The predicted molar refractivity (Wildman–Crippen MR) is 80.9 cm³/mol. The van der Waals surface area contributed by atoms with Crippen LogP contribution in [0.25, 0.3) is 0 Å². The van der Waals surface area contributed by atoms with Gasteiger partial charge in [-0.3, -0.25) is 9.59 Å². The van der Waals surface area contributed by atoms with Gasteiger partial charge in [-0.2, -0.15) is 0 Å². The number of anilines is 2. The van der Waals surface area contributed by atoms with E-state index in [1.54, 1.807) is 24.3 Å². The number of aliphatic hydroxyl groups is 2. The van der Waals surface area contributed by atoms with E-state index in [1.165, 1.54) is 4.90 Å². The van der Waals surface area contributed by atoms with Crippen LogP contribution >= 0.6 is 0 Å². The summed E-state index contributed by atoms with van der Waals surface area (Å²) in [5, 5.41) is 27.1. The standard InChI is InChI=1S/C15H20N2O5/c18-7-5-16(6-8-19)12-1-3-13(4-2-12)17-10-11(15(21)22)9-14(17)20/h1-4,11,18-19H,5-10H2,(H,21,22)/t11-/m1/s1. The molecular formula is C15H20N2O5. The van der Waals surface area contributed by atoms with Crippen molar-refractivity contribution in [3.05, 3.63) is 24.3 Å². The fraction of sp³-hybridized carbons (Fsp3) is 0.467. The number of carboxylic acids is 1. The largest absolute Gasteiger partial charge is 0.481 e. The molecule has 0 aromatic heterocycles. The van der Waals surface area contributed by atoms with Crippen LogP contribution in [0.1, 0.15) is 6.42 Å². The lowest BCUT2D eigenvalue weighted by Gasteiger charge is -2.24. The smallest absolute Gasteiger partial charge is 0.308 e. The molecule has 0 unspecified atom stereocenters. The van der Waals surface area contributed by atoms with E-state index in [0.29, 0.717) is 18.8 Å². The van der Waals surface area contributed by atoms with Gasteiger partial charge in [0.25, 0.3) is 0 Å². The monoisotopic (exact) mass is 308 g/mol. The molecule has 0 radical (unpaired) electrons. The minimum atomic E-state index is -0.954. The number of aliphatic carboxylic acids is 1. The van der Waals surface area contributed by atoms with Gasteiger partial charge in [-0.25, -0.2) is 0 Å². The van der Waals surface area contributed by atoms with Crippen LogP contribution in [0.4, 0.5) is 11.4 Å². The zero-order chi connectivity index (χ0) is 16.1. The van der Waals surface area contributed by atoms with Gasteiger partial charge in [-0.1, -0.05) is 0 Å². The summed E-state index contributed by atoms with van der Waals surface area (Å²) in [5.41, 5.74) is 1.48. The molecule has 2 rings (SSSR count). The maximum Gasteiger partial charge on any atom is 0.308 e. The molecule has 1 aromatic rings. The first kappa shape index (κ1) is 16.3. The molecule has 7 nitrogen and oxygen atoms in total. The second-order valence-corrected chi connectivity index (χ2v) is 5.19. The lowest BCUT2D eigenvalue weighted by molar-refractivity contribution is -0.141. The molecule has 0 aliphatic carbocycles. The van der Waals surface area contributed by atoms with Crippen LogP contribution in [-0.4, -0.2) is 60.0 Å². The highest BCUT2D eigenvalue weighted by Gasteiger charge is 2.34. The molecule has 1 aliphatic heterocycles. The molecule has 1 amide bonds. The maximum atomic E-state index is 11.9. The lowest BCUT2D eigenvalue weighted by atomic mass is 10.1. The Hall–Kier alpha value is -2.12. The summed E-state index contributed by atoms with van der Waals surface area (Å²) >= 11 is 0. The van der Waals surface area contributed by atoms with Gasteiger partial charge in [0.15, 0.2) is 0 Å². The van der Waals surface area contributed by atoms with Crippen molar-refractivity contribution in [2.75, 3.05) is 42.6 Å². The summed E-state index contributed by atoms with van der Waals surface area (Å²) in [4.78, 5) is 26.2.